The number of benzene rings is 1. The number of carbonyl (C=O) groups is 1. The molecule has 1 aliphatic heterocycles. The van der Waals surface area contributed by atoms with Crippen molar-refractivity contribution in [3.63, 3.8) is 0 Å². The maximum atomic E-state index is 16.0. The van der Waals surface area contributed by atoms with Crippen molar-refractivity contribution < 1.29 is 23.5 Å². The van der Waals surface area contributed by atoms with Crippen molar-refractivity contribution in [2.75, 3.05) is 30.3 Å². The highest BCUT2D eigenvalue weighted by Gasteiger charge is 2.43. The minimum atomic E-state index is -1.48. The van der Waals surface area contributed by atoms with E-state index < -0.39 is 56.4 Å². The van der Waals surface area contributed by atoms with Crippen molar-refractivity contribution in [2.45, 2.75) is 52.2 Å². The van der Waals surface area contributed by atoms with E-state index in [0.717, 1.165) is 6.20 Å². The summed E-state index contributed by atoms with van der Waals surface area (Å²) in [5.41, 5.74) is 8.48. The SMILES string of the molecule is CC(C)(C)ON=C1CN(c2c(F)c(N)c3c(=O)c(C(=O)O)cn(C4CC4)c3c2F)CC1(C)CN.Cl. The lowest BCUT2D eigenvalue weighted by Gasteiger charge is -2.25. The molecule has 2 aliphatic rings. The van der Waals surface area contributed by atoms with Crippen LogP contribution in [0.5, 0.6) is 0 Å². The minimum Gasteiger partial charge on any atom is -0.477 e. The quantitative estimate of drug-likeness (QED) is 0.412. The second-order valence-corrected chi connectivity index (χ2v) is 10.3. The molecule has 4 rings (SSSR count). The second kappa shape index (κ2) is 8.94. The fourth-order valence-electron chi connectivity index (χ4n) is 4.23. The maximum Gasteiger partial charge on any atom is 0.341 e. The summed E-state index contributed by atoms with van der Waals surface area (Å²) in [6.45, 7) is 7.67. The molecule has 1 atom stereocenters. The van der Waals surface area contributed by atoms with Crippen LogP contribution >= 0.6 is 12.4 Å². The molecule has 1 aliphatic carbocycles. The predicted octanol–water partition coefficient (Wildman–Crippen LogP) is 3.27. The number of rotatable bonds is 5. The van der Waals surface area contributed by atoms with Crippen molar-refractivity contribution in [2.24, 2.45) is 16.3 Å². The standard InChI is InChI=1S/C23H29F2N5O4.ClH/c1-22(2,3)34-28-13-8-29(10-23(13,4)9-26)19-15(24)17(27)14-18(16(19)25)30(11-5-6-11)7-12(20(14)31)21(32)33;/h7,11H,5-6,8-10,26-27H2,1-4H3,(H,32,33);1H. The van der Waals surface area contributed by atoms with Gasteiger partial charge in [0.25, 0.3) is 0 Å². The number of nitrogens with zero attached hydrogens (tertiary/aromatic N) is 3. The molecule has 0 amide bonds. The highest BCUT2D eigenvalue weighted by atomic mass is 35.5. The number of oxime groups is 1. The third kappa shape index (κ3) is 4.54. The number of aromatic carboxylic acids is 1. The number of anilines is 2. The summed E-state index contributed by atoms with van der Waals surface area (Å²) in [5.74, 6) is -3.58. The summed E-state index contributed by atoms with van der Waals surface area (Å²) in [5, 5.41) is 13.2. The zero-order chi connectivity index (χ0) is 25.2. The van der Waals surface area contributed by atoms with Crippen molar-refractivity contribution in [3.8, 4) is 0 Å². The lowest BCUT2D eigenvalue weighted by atomic mass is 9.88. The molecule has 9 nitrogen and oxygen atoms in total. The van der Waals surface area contributed by atoms with Gasteiger partial charge in [0.15, 0.2) is 11.6 Å². The van der Waals surface area contributed by atoms with Crippen LogP contribution in [0.25, 0.3) is 10.9 Å². The number of hydrogen-bond acceptors (Lipinski definition) is 7. The Hall–Kier alpha value is -2.92. The minimum absolute atomic E-state index is 0. The molecule has 1 aromatic carbocycles. The summed E-state index contributed by atoms with van der Waals surface area (Å²) >= 11 is 0. The van der Waals surface area contributed by atoms with E-state index in [9.17, 15) is 14.7 Å². The van der Waals surface area contributed by atoms with Crippen LogP contribution in [-0.4, -0.2) is 46.6 Å². The molecule has 0 bridgehead atoms. The van der Waals surface area contributed by atoms with Crippen molar-refractivity contribution >= 4 is 46.4 Å². The van der Waals surface area contributed by atoms with Crippen LogP contribution < -0.4 is 21.8 Å². The van der Waals surface area contributed by atoms with Crippen LogP contribution in [0.1, 0.15) is 56.9 Å². The van der Waals surface area contributed by atoms with Gasteiger partial charge < -0.3 is 30.9 Å². The van der Waals surface area contributed by atoms with E-state index >= 15 is 8.78 Å². The number of halogens is 3. The molecule has 12 heteroatoms. The Kier molecular flexibility index (Phi) is 6.82. The van der Waals surface area contributed by atoms with Gasteiger partial charge >= 0.3 is 5.97 Å². The lowest BCUT2D eigenvalue weighted by molar-refractivity contribution is -0.000439. The monoisotopic (exact) mass is 513 g/mol. The summed E-state index contributed by atoms with van der Waals surface area (Å²) in [6.07, 6.45) is 2.48. The topological polar surface area (TPSA) is 136 Å². The molecule has 0 spiro atoms. The summed E-state index contributed by atoms with van der Waals surface area (Å²) in [7, 11) is 0. The van der Waals surface area contributed by atoms with Gasteiger partial charge in [-0.3, -0.25) is 4.79 Å². The third-order valence-corrected chi connectivity index (χ3v) is 6.31. The molecule has 1 saturated carbocycles. The zero-order valence-corrected chi connectivity index (χ0v) is 20.8. The number of nitrogen functional groups attached to an aromatic ring is 1. The van der Waals surface area contributed by atoms with Crippen LogP contribution in [0.3, 0.4) is 0 Å². The van der Waals surface area contributed by atoms with Gasteiger partial charge in [0.2, 0.25) is 5.43 Å². The lowest BCUT2D eigenvalue weighted by Crippen LogP contribution is -2.36. The molecule has 192 valence electrons. The Morgan fingerprint density at radius 1 is 1.31 bits per heavy atom. The number of pyridine rings is 1. The zero-order valence-electron chi connectivity index (χ0n) is 20.0. The number of hydrogen-bond donors (Lipinski definition) is 3. The molecule has 2 heterocycles. The first kappa shape index (κ1) is 26.7. The average Bonchev–Trinajstić information content (AvgIpc) is 3.53. The van der Waals surface area contributed by atoms with Gasteiger partial charge in [0, 0.05) is 30.7 Å². The number of carboxylic acids is 1. The first-order valence-electron chi connectivity index (χ1n) is 11.1. The summed E-state index contributed by atoms with van der Waals surface area (Å²) < 4.78 is 33.0. The van der Waals surface area contributed by atoms with Gasteiger partial charge in [-0.1, -0.05) is 12.1 Å². The molecule has 5 N–H and O–H groups in total. The molecule has 1 aromatic heterocycles. The van der Waals surface area contributed by atoms with Crippen LogP contribution in [0.15, 0.2) is 16.1 Å². The maximum absolute atomic E-state index is 16.0. The Labute approximate surface area is 207 Å². The first-order valence-corrected chi connectivity index (χ1v) is 11.1. The van der Waals surface area contributed by atoms with Gasteiger partial charge in [-0.2, -0.15) is 0 Å². The number of carboxylic acid groups (broad SMARTS) is 1. The molecular weight excluding hydrogens is 484 g/mol. The number of nitrogens with two attached hydrogens (primary N) is 2. The number of aromatic nitrogens is 1. The largest absolute Gasteiger partial charge is 0.477 e. The van der Waals surface area contributed by atoms with E-state index in [-0.39, 0.29) is 43.6 Å². The van der Waals surface area contributed by atoms with Crippen LogP contribution in [0.4, 0.5) is 20.2 Å². The normalized spacial score (nSPS) is 21.5. The Bertz CT molecular complexity index is 1290. The molecule has 1 saturated heterocycles. The first-order chi connectivity index (χ1) is 15.8. The smallest absolute Gasteiger partial charge is 0.341 e. The van der Waals surface area contributed by atoms with Gasteiger partial charge in [0.1, 0.15) is 16.9 Å². The second-order valence-electron chi connectivity index (χ2n) is 10.3. The molecule has 1 unspecified atom stereocenters. The van der Waals surface area contributed by atoms with E-state index in [1.165, 1.54) is 9.47 Å². The summed E-state index contributed by atoms with van der Waals surface area (Å²) in [6, 6.07) is -0.196. The van der Waals surface area contributed by atoms with Crippen molar-refractivity contribution in [3.05, 3.63) is 33.6 Å². The average molecular weight is 514 g/mol. The van der Waals surface area contributed by atoms with Crippen LogP contribution in [-0.2, 0) is 4.84 Å². The van der Waals surface area contributed by atoms with E-state index in [0.29, 0.717) is 18.6 Å². The van der Waals surface area contributed by atoms with Gasteiger partial charge in [-0.15, -0.1) is 12.4 Å². The predicted molar refractivity (Wildman–Crippen MR) is 133 cm³/mol. The van der Waals surface area contributed by atoms with Gasteiger partial charge in [-0.05, 0) is 33.6 Å². The molecule has 0 radical (unpaired) electrons. The van der Waals surface area contributed by atoms with Crippen molar-refractivity contribution in [1.29, 1.82) is 0 Å². The third-order valence-electron chi connectivity index (χ3n) is 6.31. The van der Waals surface area contributed by atoms with Gasteiger partial charge in [-0.25, -0.2) is 13.6 Å². The summed E-state index contributed by atoms with van der Waals surface area (Å²) in [4.78, 5) is 31.4. The van der Waals surface area contributed by atoms with E-state index in [1.54, 1.807) is 0 Å². The molecular formula is C23H30ClF2N5O4. The number of fused-ring (bicyclic) bond motifs is 1. The van der Waals surface area contributed by atoms with Crippen LogP contribution in [0, 0.1) is 17.0 Å². The highest BCUT2D eigenvalue weighted by Crippen LogP contribution is 2.43. The highest BCUT2D eigenvalue weighted by molar-refractivity contribution is 6.02. The van der Waals surface area contributed by atoms with E-state index in [2.05, 4.69) is 5.16 Å². The Balaban J connectivity index is 0.00000342. The van der Waals surface area contributed by atoms with E-state index in [4.69, 9.17) is 16.3 Å². The van der Waals surface area contributed by atoms with Crippen molar-refractivity contribution in [1.82, 2.24) is 4.57 Å². The molecule has 2 aromatic rings. The van der Waals surface area contributed by atoms with Gasteiger partial charge in [0.05, 0.1) is 28.8 Å². The van der Waals surface area contributed by atoms with E-state index in [1.807, 2.05) is 27.7 Å². The fourth-order valence-corrected chi connectivity index (χ4v) is 4.23. The molecule has 35 heavy (non-hydrogen) atoms. The fraction of sp³-hybridized carbons (Fsp3) is 0.522. The Morgan fingerprint density at radius 2 is 1.94 bits per heavy atom. The molecule has 2 fully saturated rings. The van der Waals surface area contributed by atoms with Crippen LogP contribution in [0.2, 0.25) is 0 Å². The Morgan fingerprint density at radius 3 is 2.46 bits per heavy atom.